The van der Waals surface area contributed by atoms with E-state index < -0.39 is 0 Å². The van der Waals surface area contributed by atoms with Crippen LogP contribution in [0.15, 0.2) is 24.3 Å². The number of halogens is 1. The SMILES string of the molecule is NCC(SCC1CCCC1)c1ccccc1F. The maximum atomic E-state index is 13.7. The third-order valence-electron chi connectivity index (χ3n) is 3.47. The van der Waals surface area contributed by atoms with Gasteiger partial charge in [0.1, 0.15) is 5.82 Å². The fourth-order valence-corrected chi connectivity index (χ4v) is 3.79. The molecule has 0 spiro atoms. The molecule has 0 aromatic heterocycles. The second-order valence-electron chi connectivity index (χ2n) is 4.73. The first-order valence-electron chi connectivity index (χ1n) is 6.37. The summed E-state index contributed by atoms with van der Waals surface area (Å²) < 4.78 is 13.7. The van der Waals surface area contributed by atoms with E-state index in [2.05, 4.69) is 0 Å². The van der Waals surface area contributed by atoms with Gasteiger partial charge in [-0.1, -0.05) is 31.0 Å². The molecule has 1 atom stereocenters. The van der Waals surface area contributed by atoms with E-state index in [4.69, 9.17) is 5.73 Å². The number of rotatable bonds is 5. The molecule has 0 bridgehead atoms. The van der Waals surface area contributed by atoms with Gasteiger partial charge in [-0.25, -0.2) is 4.39 Å². The molecule has 1 saturated carbocycles. The van der Waals surface area contributed by atoms with Gasteiger partial charge in [-0.2, -0.15) is 11.8 Å². The molecular weight excluding hydrogens is 233 g/mol. The molecule has 17 heavy (non-hydrogen) atoms. The molecule has 0 amide bonds. The minimum Gasteiger partial charge on any atom is -0.329 e. The van der Waals surface area contributed by atoms with Gasteiger partial charge in [0.2, 0.25) is 0 Å². The van der Waals surface area contributed by atoms with Gasteiger partial charge in [0, 0.05) is 17.4 Å². The first-order valence-corrected chi connectivity index (χ1v) is 7.42. The van der Waals surface area contributed by atoms with Crippen molar-refractivity contribution in [2.45, 2.75) is 30.9 Å². The summed E-state index contributed by atoms with van der Waals surface area (Å²) in [5.41, 5.74) is 6.53. The van der Waals surface area contributed by atoms with Gasteiger partial charge in [0.25, 0.3) is 0 Å². The molecule has 0 aliphatic heterocycles. The number of hydrogen-bond donors (Lipinski definition) is 1. The first kappa shape index (κ1) is 12.9. The largest absolute Gasteiger partial charge is 0.329 e. The van der Waals surface area contributed by atoms with Crippen LogP contribution in [0.25, 0.3) is 0 Å². The number of hydrogen-bond acceptors (Lipinski definition) is 2. The zero-order valence-corrected chi connectivity index (χ0v) is 10.9. The molecule has 1 unspecified atom stereocenters. The van der Waals surface area contributed by atoms with Gasteiger partial charge in [0.05, 0.1) is 0 Å². The van der Waals surface area contributed by atoms with Crippen molar-refractivity contribution in [3.8, 4) is 0 Å². The van der Waals surface area contributed by atoms with Crippen LogP contribution in [0.1, 0.15) is 36.5 Å². The minimum absolute atomic E-state index is 0.108. The number of nitrogens with two attached hydrogens (primary N) is 1. The Kier molecular flexibility index (Phi) is 4.86. The molecule has 1 aromatic rings. The lowest BCUT2D eigenvalue weighted by molar-refractivity contribution is 0.604. The molecule has 0 saturated heterocycles. The Labute approximate surface area is 107 Å². The fourth-order valence-electron chi connectivity index (χ4n) is 2.45. The Morgan fingerprint density at radius 2 is 2.00 bits per heavy atom. The van der Waals surface area contributed by atoms with E-state index >= 15 is 0 Å². The highest BCUT2D eigenvalue weighted by Gasteiger charge is 2.19. The third-order valence-corrected chi connectivity index (χ3v) is 4.99. The molecule has 1 nitrogen and oxygen atoms in total. The molecular formula is C14H20FNS. The van der Waals surface area contributed by atoms with Gasteiger partial charge in [-0.3, -0.25) is 0 Å². The molecule has 1 aliphatic carbocycles. The van der Waals surface area contributed by atoms with E-state index in [0.29, 0.717) is 6.54 Å². The first-order chi connectivity index (χ1) is 8.31. The van der Waals surface area contributed by atoms with Crippen LogP contribution in [-0.4, -0.2) is 12.3 Å². The third kappa shape index (κ3) is 3.46. The Hall–Kier alpha value is -0.540. The van der Waals surface area contributed by atoms with Crippen LogP contribution >= 0.6 is 11.8 Å². The van der Waals surface area contributed by atoms with E-state index in [1.54, 1.807) is 6.07 Å². The van der Waals surface area contributed by atoms with Gasteiger partial charge in [-0.15, -0.1) is 0 Å². The van der Waals surface area contributed by atoms with E-state index in [9.17, 15) is 4.39 Å². The van der Waals surface area contributed by atoms with Crippen LogP contribution < -0.4 is 5.73 Å². The van der Waals surface area contributed by atoms with E-state index in [1.807, 2.05) is 23.9 Å². The molecule has 3 heteroatoms. The summed E-state index contributed by atoms with van der Waals surface area (Å²) in [6, 6.07) is 6.99. The predicted molar refractivity (Wildman–Crippen MR) is 72.6 cm³/mol. The van der Waals surface area contributed by atoms with E-state index in [-0.39, 0.29) is 11.1 Å². The van der Waals surface area contributed by atoms with Crippen molar-refractivity contribution >= 4 is 11.8 Å². The molecule has 2 rings (SSSR count). The van der Waals surface area contributed by atoms with E-state index in [0.717, 1.165) is 17.2 Å². The molecule has 2 N–H and O–H groups in total. The summed E-state index contributed by atoms with van der Waals surface area (Å²) in [6.45, 7) is 0.512. The van der Waals surface area contributed by atoms with Gasteiger partial charge >= 0.3 is 0 Å². The Balaban J connectivity index is 1.94. The average molecular weight is 253 g/mol. The summed E-state index contributed by atoms with van der Waals surface area (Å²) in [4.78, 5) is 0. The minimum atomic E-state index is -0.123. The standard InChI is InChI=1S/C14H20FNS/c15-13-8-4-3-7-12(13)14(9-16)17-10-11-5-1-2-6-11/h3-4,7-8,11,14H,1-2,5-6,9-10,16H2. The zero-order chi connectivity index (χ0) is 12.1. The Morgan fingerprint density at radius 3 is 2.65 bits per heavy atom. The highest BCUT2D eigenvalue weighted by molar-refractivity contribution is 7.99. The summed E-state index contributed by atoms with van der Waals surface area (Å²) in [7, 11) is 0. The van der Waals surface area contributed by atoms with Crippen LogP contribution in [0.4, 0.5) is 4.39 Å². The molecule has 0 heterocycles. The summed E-state index contributed by atoms with van der Waals surface area (Å²) in [5, 5.41) is 0.108. The summed E-state index contributed by atoms with van der Waals surface area (Å²) >= 11 is 1.82. The topological polar surface area (TPSA) is 26.0 Å². The van der Waals surface area contributed by atoms with Crippen LogP contribution in [0.2, 0.25) is 0 Å². The predicted octanol–water partition coefficient (Wildman–Crippen LogP) is 3.75. The lowest BCUT2D eigenvalue weighted by Gasteiger charge is -2.17. The van der Waals surface area contributed by atoms with Crippen molar-refractivity contribution in [1.29, 1.82) is 0 Å². The van der Waals surface area contributed by atoms with Gasteiger partial charge < -0.3 is 5.73 Å². The smallest absolute Gasteiger partial charge is 0.127 e. The highest BCUT2D eigenvalue weighted by atomic mass is 32.2. The maximum absolute atomic E-state index is 13.7. The second-order valence-corrected chi connectivity index (χ2v) is 5.97. The molecule has 0 radical (unpaired) electrons. The molecule has 94 valence electrons. The Morgan fingerprint density at radius 1 is 1.29 bits per heavy atom. The quantitative estimate of drug-likeness (QED) is 0.865. The van der Waals surface area contributed by atoms with Crippen molar-refractivity contribution in [2.24, 2.45) is 11.7 Å². The fraction of sp³-hybridized carbons (Fsp3) is 0.571. The van der Waals surface area contributed by atoms with Crippen LogP contribution in [0.5, 0.6) is 0 Å². The normalized spacial score (nSPS) is 18.5. The molecule has 1 fully saturated rings. The summed E-state index contributed by atoms with van der Waals surface area (Å²) in [5.74, 6) is 1.82. The highest BCUT2D eigenvalue weighted by Crippen LogP contribution is 2.35. The van der Waals surface area contributed by atoms with Crippen LogP contribution in [0.3, 0.4) is 0 Å². The van der Waals surface area contributed by atoms with Crippen molar-refractivity contribution < 1.29 is 4.39 Å². The van der Waals surface area contributed by atoms with E-state index in [1.165, 1.54) is 31.7 Å². The zero-order valence-electron chi connectivity index (χ0n) is 10.1. The Bertz CT molecular complexity index is 350. The second kappa shape index (κ2) is 6.41. The van der Waals surface area contributed by atoms with Crippen molar-refractivity contribution in [2.75, 3.05) is 12.3 Å². The average Bonchev–Trinajstić information content (AvgIpc) is 2.85. The molecule has 1 aromatic carbocycles. The number of thioether (sulfide) groups is 1. The lowest BCUT2D eigenvalue weighted by Crippen LogP contribution is -2.13. The van der Waals surface area contributed by atoms with Gasteiger partial charge in [-0.05, 0) is 30.6 Å². The van der Waals surface area contributed by atoms with Crippen molar-refractivity contribution in [3.05, 3.63) is 35.6 Å². The lowest BCUT2D eigenvalue weighted by atomic mass is 10.1. The van der Waals surface area contributed by atoms with Crippen LogP contribution in [0, 0.1) is 11.7 Å². The number of benzene rings is 1. The molecule has 1 aliphatic rings. The summed E-state index contributed by atoms with van der Waals surface area (Å²) in [6.07, 6.45) is 5.39. The van der Waals surface area contributed by atoms with Crippen molar-refractivity contribution in [1.82, 2.24) is 0 Å². The van der Waals surface area contributed by atoms with Crippen molar-refractivity contribution in [3.63, 3.8) is 0 Å². The van der Waals surface area contributed by atoms with Gasteiger partial charge in [0.15, 0.2) is 0 Å². The maximum Gasteiger partial charge on any atom is 0.127 e. The monoisotopic (exact) mass is 253 g/mol. The van der Waals surface area contributed by atoms with Crippen LogP contribution in [-0.2, 0) is 0 Å².